The van der Waals surface area contributed by atoms with Gasteiger partial charge < -0.3 is 13.9 Å². The Kier molecular flexibility index (Phi) is 6.94. The van der Waals surface area contributed by atoms with Crippen molar-refractivity contribution in [3.8, 4) is 17.2 Å². The van der Waals surface area contributed by atoms with Crippen LogP contribution < -0.4 is 4.74 Å². The highest BCUT2D eigenvalue weighted by Gasteiger charge is 2.30. The number of sulfonamides is 1. The number of piperidine rings is 1. The first-order chi connectivity index (χ1) is 16.3. The van der Waals surface area contributed by atoms with Gasteiger partial charge >= 0.3 is 5.97 Å². The predicted molar refractivity (Wildman–Crippen MR) is 119 cm³/mol. The predicted octanol–water partition coefficient (Wildman–Crippen LogP) is 3.98. The van der Waals surface area contributed by atoms with Crippen LogP contribution in [0.5, 0.6) is 5.75 Å². The number of halogens is 1. The Labute approximate surface area is 196 Å². The third-order valence-electron chi connectivity index (χ3n) is 5.51. The van der Waals surface area contributed by atoms with Crippen molar-refractivity contribution in [3.05, 3.63) is 59.7 Å². The van der Waals surface area contributed by atoms with Crippen molar-refractivity contribution in [3.63, 3.8) is 0 Å². The number of hydrogen-bond acceptors (Lipinski definition) is 8. The number of rotatable bonds is 7. The quantitative estimate of drug-likeness (QED) is 0.458. The number of aromatic nitrogens is 2. The molecule has 34 heavy (non-hydrogen) atoms. The number of ether oxygens (including phenoxy) is 2. The summed E-state index contributed by atoms with van der Waals surface area (Å²) in [7, 11) is -2.50. The van der Waals surface area contributed by atoms with Crippen molar-refractivity contribution >= 4 is 16.0 Å². The second-order valence-corrected chi connectivity index (χ2v) is 9.74. The van der Waals surface area contributed by atoms with Crippen LogP contribution in [0.2, 0.25) is 0 Å². The van der Waals surface area contributed by atoms with E-state index in [1.54, 1.807) is 31.4 Å². The van der Waals surface area contributed by atoms with Crippen LogP contribution in [0.3, 0.4) is 0 Å². The summed E-state index contributed by atoms with van der Waals surface area (Å²) in [6.07, 6.45) is 1.43. The molecule has 9 nitrogen and oxygen atoms in total. The summed E-state index contributed by atoms with van der Waals surface area (Å²) in [5.74, 6) is -0.797. The van der Waals surface area contributed by atoms with Gasteiger partial charge in [-0.3, -0.25) is 0 Å². The number of esters is 1. The first kappa shape index (κ1) is 23.8. The van der Waals surface area contributed by atoms with Crippen LogP contribution in [0.4, 0.5) is 4.39 Å². The normalized spacial score (nSPS) is 15.6. The molecule has 0 amide bonds. The molecule has 0 unspecified atom stereocenters. The van der Waals surface area contributed by atoms with Gasteiger partial charge in [-0.05, 0) is 62.2 Å². The van der Waals surface area contributed by atoms with Gasteiger partial charge in [0, 0.05) is 18.7 Å². The number of hydrogen-bond donors (Lipinski definition) is 0. The fourth-order valence-electron chi connectivity index (χ4n) is 3.60. The maximum Gasteiger partial charge on any atom is 0.338 e. The molecule has 1 saturated heterocycles. The van der Waals surface area contributed by atoms with Crippen LogP contribution in [0.25, 0.3) is 11.5 Å². The molecule has 11 heteroatoms. The van der Waals surface area contributed by atoms with Gasteiger partial charge in [-0.1, -0.05) is 6.42 Å². The standard InChI is InChI=1S/C23H24FN3O6S/c1-15(21-25-26-22(33-21)16-6-9-18(31-2)10-7-16)32-23(28)17-8-11-19(24)20(14-17)34(29,30)27-12-4-3-5-13-27/h6-11,14-15H,3-5,12-13H2,1-2H3/t15-/m0/s1. The Hall–Kier alpha value is -3.31. The van der Waals surface area contributed by atoms with E-state index in [-0.39, 0.29) is 17.3 Å². The van der Waals surface area contributed by atoms with Crippen molar-refractivity contribution in [2.75, 3.05) is 20.2 Å². The molecule has 1 aliphatic heterocycles. The fourth-order valence-corrected chi connectivity index (χ4v) is 5.21. The number of benzene rings is 2. The molecule has 4 rings (SSSR count). The molecule has 2 heterocycles. The Morgan fingerprint density at radius 1 is 1.09 bits per heavy atom. The number of nitrogens with zero attached hydrogens (tertiary/aromatic N) is 3. The molecule has 0 spiro atoms. The zero-order chi connectivity index (χ0) is 24.3. The van der Waals surface area contributed by atoms with E-state index in [9.17, 15) is 17.6 Å². The van der Waals surface area contributed by atoms with Gasteiger partial charge in [0.05, 0.1) is 12.7 Å². The van der Waals surface area contributed by atoms with E-state index in [0.29, 0.717) is 37.2 Å². The molecule has 1 fully saturated rings. The van der Waals surface area contributed by atoms with Gasteiger partial charge in [0.25, 0.3) is 5.89 Å². The summed E-state index contributed by atoms with van der Waals surface area (Å²) >= 11 is 0. The molecule has 1 aliphatic rings. The van der Waals surface area contributed by atoms with Gasteiger partial charge in [-0.15, -0.1) is 10.2 Å². The summed E-state index contributed by atoms with van der Waals surface area (Å²) in [6, 6.07) is 10.1. The molecule has 1 atom stereocenters. The highest BCUT2D eigenvalue weighted by atomic mass is 32.2. The summed E-state index contributed by atoms with van der Waals surface area (Å²) < 4.78 is 57.6. The van der Waals surface area contributed by atoms with Crippen LogP contribution >= 0.6 is 0 Å². The molecular weight excluding hydrogens is 465 g/mol. The highest BCUT2D eigenvalue weighted by molar-refractivity contribution is 7.89. The monoisotopic (exact) mass is 489 g/mol. The maximum absolute atomic E-state index is 14.4. The van der Waals surface area contributed by atoms with Crippen LogP contribution in [0, 0.1) is 5.82 Å². The van der Waals surface area contributed by atoms with Gasteiger partial charge in [0.2, 0.25) is 15.9 Å². The second kappa shape index (κ2) is 9.90. The minimum Gasteiger partial charge on any atom is -0.497 e. The van der Waals surface area contributed by atoms with E-state index in [0.717, 1.165) is 18.6 Å². The lowest BCUT2D eigenvalue weighted by Crippen LogP contribution is -2.36. The summed E-state index contributed by atoms with van der Waals surface area (Å²) in [6.45, 7) is 2.18. The smallest absolute Gasteiger partial charge is 0.338 e. The molecule has 0 saturated carbocycles. The lowest BCUT2D eigenvalue weighted by Gasteiger charge is -2.26. The van der Waals surface area contributed by atoms with Crippen molar-refractivity contribution < 1.29 is 31.5 Å². The first-order valence-electron chi connectivity index (χ1n) is 10.8. The number of carbonyl (C=O) groups is 1. The van der Waals surface area contributed by atoms with Gasteiger partial charge in [-0.25, -0.2) is 17.6 Å². The summed E-state index contributed by atoms with van der Waals surface area (Å²) in [5, 5.41) is 7.90. The molecular formula is C23H24FN3O6S. The Morgan fingerprint density at radius 3 is 2.47 bits per heavy atom. The molecule has 180 valence electrons. The molecule has 1 aromatic heterocycles. The van der Waals surface area contributed by atoms with E-state index < -0.39 is 32.8 Å². The summed E-state index contributed by atoms with van der Waals surface area (Å²) in [4.78, 5) is 12.1. The average molecular weight is 490 g/mol. The topological polar surface area (TPSA) is 112 Å². The van der Waals surface area contributed by atoms with E-state index in [1.807, 2.05) is 0 Å². The number of methoxy groups -OCH3 is 1. The SMILES string of the molecule is COc1ccc(-c2nnc([C@H](C)OC(=O)c3ccc(F)c(S(=O)(=O)N4CCCCC4)c3)o2)cc1. The molecule has 0 bridgehead atoms. The lowest BCUT2D eigenvalue weighted by atomic mass is 10.2. The Balaban J connectivity index is 1.49. The zero-order valence-electron chi connectivity index (χ0n) is 18.7. The van der Waals surface area contributed by atoms with E-state index in [2.05, 4.69) is 10.2 Å². The lowest BCUT2D eigenvalue weighted by molar-refractivity contribution is 0.0279. The van der Waals surface area contributed by atoms with Crippen molar-refractivity contribution in [1.82, 2.24) is 14.5 Å². The Bertz CT molecular complexity index is 1270. The summed E-state index contributed by atoms with van der Waals surface area (Å²) in [5.41, 5.74) is 0.558. The first-order valence-corrected chi connectivity index (χ1v) is 12.2. The minimum atomic E-state index is -4.06. The number of carbonyl (C=O) groups excluding carboxylic acids is 1. The van der Waals surface area contributed by atoms with Gasteiger partial charge in [0.1, 0.15) is 16.5 Å². The van der Waals surface area contributed by atoms with Crippen LogP contribution in [-0.4, -0.2) is 49.1 Å². The molecule has 0 aliphatic carbocycles. The Morgan fingerprint density at radius 2 is 1.79 bits per heavy atom. The van der Waals surface area contributed by atoms with Gasteiger partial charge in [0.15, 0.2) is 6.10 Å². The molecule has 0 radical (unpaired) electrons. The maximum atomic E-state index is 14.4. The minimum absolute atomic E-state index is 0.0578. The van der Waals surface area contributed by atoms with Crippen LogP contribution in [-0.2, 0) is 14.8 Å². The van der Waals surface area contributed by atoms with Crippen LogP contribution in [0.15, 0.2) is 51.8 Å². The third-order valence-corrected chi connectivity index (χ3v) is 7.42. The second-order valence-electron chi connectivity index (χ2n) is 7.83. The van der Waals surface area contributed by atoms with E-state index in [1.165, 1.54) is 17.3 Å². The fraction of sp³-hybridized carbons (Fsp3) is 0.348. The molecule has 0 N–H and O–H groups in total. The molecule has 2 aromatic carbocycles. The van der Waals surface area contributed by atoms with Crippen molar-refractivity contribution in [2.45, 2.75) is 37.2 Å². The van der Waals surface area contributed by atoms with Crippen LogP contribution in [0.1, 0.15) is 48.5 Å². The van der Waals surface area contributed by atoms with Crippen molar-refractivity contribution in [2.24, 2.45) is 0 Å². The molecule has 3 aromatic rings. The third kappa shape index (κ3) is 4.95. The van der Waals surface area contributed by atoms with E-state index >= 15 is 0 Å². The van der Waals surface area contributed by atoms with Gasteiger partial charge in [-0.2, -0.15) is 4.31 Å². The van der Waals surface area contributed by atoms with Crippen molar-refractivity contribution in [1.29, 1.82) is 0 Å². The zero-order valence-corrected chi connectivity index (χ0v) is 19.5. The average Bonchev–Trinajstić information content (AvgIpc) is 3.35. The van der Waals surface area contributed by atoms with E-state index in [4.69, 9.17) is 13.9 Å². The largest absolute Gasteiger partial charge is 0.497 e. The highest BCUT2D eigenvalue weighted by Crippen LogP contribution is 2.27.